The molecule has 0 unspecified atom stereocenters. The summed E-state index contributed by atoms with van der Waals surface area (Å²) in [6.07, 6.45) is 0.270. The lowest BCUT2D eigenvalue weighted by Gasteiger charge is -1.92. The van der Waals surface area contributed by atoms with Crippen molar-refractivity contribution in [1.29, 1.82) is 0 Å². The number of rotatable bonds is 3. The highest BCUT2D eigenvalue weighted by Gasteiger charge is 2.14. The molecule has 19 heavy (non-hydrogen) atoms. The molecule has 0 amide bonds. The molecule has 3 aromatic rings. The Balaban J connectivity index is 1.89. The molecule has 0 fully saturated rings. The molecule has 5 heteroatoms. The van der Waals surface area contributed by atoms with Crippen LogP contribution >= 0.6 is 22.9 Å². The standard InChI is InChI=1S/C14H10ClNO2S/c1-8-7-19-14(16-8)6-11(17)13-5-9-4-10(15)2-3-12(9)18-13/h2-5,7H,6H2,1H3. The van der Waals surface area contributed by atoms with Crippen LogP contribution in [0.2, 0.25) is 5.02 Å². The smallest absolute Gasteiger partial charge is 0.204 e. The van der Waals surface area contributed by atoms with Gasteiger partial charge < -0.3 is 4.42 Å². The fraction of sp³-hybridized carbons (Fsp3) is 0.143. The molecule has 0 spiro atoms. The molecule has 2 aromatic heterocycles. The number of hydrogen-bond acceptors (Lipinski definition) is 4. The van der Waals surface area contributed by atoms with Crippen molar-refractivity contribution in [3.05, 3.63) is 51.1 Å². The monoisotopic (exact) mass is 291 g/mol. The second-order valence-corrected chi connectivity index (χ2v) is 5.65. The first-order valence-corrected chi connectivity index (χ1v) is 7.01. The van der Waals surface area contributed by atoms with Gasteiger partial charge in [0.1, 0.15) is 10.6 Å². The van der Waals surface area contributed by atoms with Crippen LogP contribution in [0, 0.1) is 6.92 Å². The first-order valence-electron chi connectivity index (χ1n) is 5.75. The summed E-state index contributed by atoms with van der Waals surface area (Å²) in [5.74, 6) is 0.284. The number of furan rings is 1. The number of aromatic nitrogens is 1. The van der Waals surface area contributed by atoms with Crippen molar-refractivity contribution < 1.29 is 9.21 Å². The maximum atomic E-state index is 12.1. The van der Waals surface area contributed by atoms with E-state index in [1.54, 1.807) is 24.3 Å². The summed E-state index contributed by atoms with van der Waals surface area (Å²) in [5.41, 5.74) is 1.60. The van der Waals surface area contributed by atoms with E-state index >= 15 is 0 Å². The number of nitrogens with zero attached hydrogens (tertiary/aromatic N) is 1. The van der Waals surface area contributed by atoms with Gasteiger partial charge in [-0.2, -0.15) is 0 Å². The molecular formula is C14H10ClNO2S. The van der Waals surface area contributed by atoms with Crippen LogP contribution in [-0.2, 0) is 6.42 Å². The Morgan fingerprint density at radius 1 is 1.42 bits per heavy atom. The number of thiazole rings is 1. The summed E-state index contributed by atoms with van der Waals surface area (Å²) < 4.78 is 5.53. The van der Waals surface area contributed by atoms with E-state index < -0.39 is 0 Å². The summed E-state index contributed by atoms with van der Waals surface area (Å²) in [6, 6.07) is 7.02. The number of hydrogen-bond donors (Lipinski definition) is 0. The Morgan fingerprint density at radius 3 is 3.00 bits per heavy atom. The summed E-state index contributed by atoms with van der Waals surface area (Å²) in [4.78, 5) is 16.4. The lowest BCUT2D eigenvalue weighted by atomic mass is 10.2. The van der Waals surface area contributed by atoms with Crippen molar-refractivity contribution in [2.45, 2.75) is 13.3 Å². The van der Waals surface area contributed by atoms with Crippen LogP contribution < -0.4 is 0 Å². The fourth-order valence-electron chi connectivity index (χ4n) is 1.86. The SMILES string of the molecule is Cc1csc(CC(=O)c2cc3cc(Cl)ccc3o2)n1. The lowest BCUT2D eigenvalue weighted by Crippen LogP contribution is -2.01. The van der Waals surface area contributed by atoms with Gasteiger partial charge in [-0.15, -0.1) is 11.3 Å². The van der Waals surface area contributed by atoms with Crippen LogP contribution in [0.15, 0.2) is 34.1 Å². The van der Waals surface area contributed by atoms with Crippen LogP contribution in [0.4, 0.5) is 0 Å². The Morgan fingerprint density at radius 2 is 2.26 bits per heavy atom. The zero-order valence-electron chi connectivity index (χ0n) is 10.1. The number of carbonyl (C=O) groups is 1. The van der Waals surface area contributed by atoms with E-state index in [0.29, 0.717) is 16.4 Å². The lowest BCUT2D eigenvalue weighted by molar-refractivity contribution is 0.0968. The van der Waals surface area contributed by atoms with E-state index in [2.05, 4.69) is 4.98 Å². The second-order valence-electron chi connectivity index (χ2n) is 4.28. The molecule has 0 radical (unpaired) electrons. The number of halogens is 1. The van der Waals surface area contributed by atoms with Gasteiger partial charge in [-0.3, -0.25) is 4.79 Å². The zero-order chi connectivity index (χ0) is 13.4. The molecule has 0 saturated heterocycles. The molecule has 0 aliphatic carbocycles. The van der Waals surface area contributed by atoms with Gasteiger partial charge in [-0.05, 0) is 31.2 Å². The zero-order valence-corrected chi connectivity index (χ0v) is 11.7. The molecule has 0 aliphatic rings. The number of carbonyl (C=O) groups excluding carboxylic acids is 1. The largest absolute Gasteiger partial charge is 0.453 e. The second kappa shape index (κ2) is 4.79. The topological polar surface area (TPSA) is 43.1 Å². The third-order valence-corrected chi connectivity index (χ3v) is 3.93. The number of fused-ring (bicyclic) bond motifs is 1. The summed E-state index contributed by atoms with van der Waals surface area (Å²) in [6.45, 7) is 1.91. The van der Waals surface area contributed by atoms with Crippen LogP contribution in [0.25, 0.3) is 11.0 Å². The van der Waals surface area contributed by atoms with Gasteiger partial charge in [0.2, 0.25) is 5.78 Å². The molecule has 3 nitrogen and oxygen atoms in total. The highest BCUT2D eigenvalue weighted by molar-refractivity contribution is 7.09. The van der Waals surface area contributed by atoms with Gasteiger partial charge >= 0.3 is 0 Å². The third-order valence-electron chi connectivity index (χ3n) is 2.73. The number of Topliss-reactive ketones (excluding diaryl/α,β-unsaturated/α-hetero) is 1. The van der Waals surface area contributed by atoms with E-state index in [1.807, 2.05) is 12.3 Å². The van der Waals surface area contributed by atoms with Crippen molar-refractivity contribution in [1.82, 2.24) is 4.98 Å². The molecule has 0 bridgehead atoms. The fourth-order valence-corrected chi connectivity index (χ4v) is 2.81. The highest BCUT2D eigenvalue weighted by Crippen LogP contribution is 2.24. The van der Waals surface area contributed by atoms with Crippen LogP contribution in [0.1, 0.15) is 21.3 Å². The van der Waals surface area contributed by atoms with Gasteiger partial charge in [-0.25, -0.2) is 4.98 Å². The predicted molar refractivity (Wildman–Crippen MR) is 76.1 cm³/mol. The first-order chi connectivity index (χ1) is 9.11. The van der Waals surface area contributed by atoms with Crippen molar-refractivity contribution >= 4 is 39.7 Å². The average Bonchev–Trinajstić information content (AvgIpc) is 2.95. The van der Waals surface area contributed by atoms with Crippen LogP contribution in [-0.4, -0.2) is 10.8 Å². The van der Waals surface area contributed by atoms with Crippen molar-refractivity contribution in [3.8, 4) is 0 Å². The minimum atomic E-state index is -0.0679. The van der Waals surface area contributed by atoms with Gasteiger partial charge in [0, 0.05) is 21.5 Å². The maximum absolute atomic E-state index is 12.1. The van der Waals surface area contributed by atoms with E-state index in [9.17, 15) is 4.79 Å². The van der Waals surface area contributed by atoms with Crippen LogP contribution in [0.5, 0.6) is 0 Å². The molecule has 0 saturated carbocycles. The minimum Gasteiger partial charge on any atom is -0.453 e. The molecule has 0 N–H and O–H groups in total. The van der Waals surface area contributed by atoms with Crippen molar-refractivity contribution in [2.24, 2.45) is 0 Å². The average molecular weight is 292 g/mol. The quantitative estimate of drug-likeness (QED) is 0.677. The predicted octanol–water partition coefficient (Wildman–Crippen LogP) is 4.28. The first kappa shape index (κ1) is 12.4. The Kier molecular flexibility index (Phi) is 3.12. The third kappa shape index (κ3) is 2.55. The Bertz CT molecular complexity index is 760. The van der Waals surface area contributed by atoms with Gasteiger partial charge in [0.15, 0.2) is 5.76 Å². The van der Waals surface area contributed by atoms with Gasteiger partial charge in [0.25, 0.3) is 0 Å². The molecule has 3 rings (SSSR count). The van der Waals surface area contributed by atoms with Crippen LogP contribution in [0.3, 0.4) is 0 Å². The number of aryl methyl sites for hydroxylation is 1. The minimum absolute atomic E-state index is 0.0679. The van der Waals surface area contributed by atoms with E-state index in [1.165, 1.54) is 11.3 Å². The summed E-state index contributed by atoms with van der Waals surface area (Å²) in [5, 5.41) is 4.20. The summed E-state index contributed by atoms with van der Waals surface area (Å²) in [7, 11) is 0. The molecule has 1 aromatic carbocycles. The number of benzene rings is 1. The molecule has 2 heterocycles. The normalized spacial score (nSPS) is 11.1. The summed E-state index contributed by atoms with van der Waals surface area (Å²) >= 11 is 7.39. The van der Waals surface area contributed by atoms with E-state index in [-0.39, 0.29) is 12.2 Å². The van der Waals surface area contributed by atoms with Crippen molar-refractivity contribution in [3.63, 3.8) is 0 Å². The van der Waals surface area contributed by atoms with E-state index in [0.717, 1.165) is 16.1 Å². The van der Waals surface area contributed by atoms with Gasteiger partial charge in [0.05, 0.1) is 6.42 Å². The Hall–Kier alpha value is -1.65. The maximum Gasteiger partial charge on any atom is 0.204 e. The molecular weight excluding hydrogens is 282 g/mol. The van der Waals surface area contributed by atoms with Crippen molar-refractivity contribution in [2.75, 3.05) is 0 Å². The molecule has 0 aliphatic heterocycles. The van der Waals surface area contributed by atoms with Gasteiger partial charge in [-0.1, -0.05) is 11.6 Å². The molecule has 0 atom stereocenters. The van der Waals surface area contributed by atoms with E-state index in [4.69, 9.17) is 16.0 Å². The molecule has 96 valence electrons. The number of ketones is 1. The highest BCUT2D eigenvalue weighted by atomic mass is 35.5. The Labute approximate surface area is 118 Å².